The second-order valence-corrected chi connectivity index (χ2v) is 6.48. The normalized spacial score (nSPS) is 31.9. The minimum atomic E-state index is 0.0998. The first-order valence-corrected chi connectivity index (χ1v) is 7.51. The van der Waals surface area contributed by atoms with Gasteiger partial charge in [0.2, 0.25) is 5.91 Å². The molecule has 3 heteroatoms. The van der Waals surface area contributed by atoms with Gasteiger partial charge in [0.15, 0.2) is 0 Å². The highest BCUT2D eigenvalue weighted by Crippen LogP contribution is 2.66. The van der Waals surface area contributed by atoms with Crippen molar-refractivity contribution < 1.29 is 4.79 Å². The van der Waals surface area contributed by atoms with E-state index in [9.17, 15) is 4.79 Å². The van der Waals surface area contributed by atoms with E-state index in [-0.39, 0.29) is 17.2 Å². The lowest BCUT2D eigenvalue weighted by atomic mass is 9.90. The van der Waals surface area contributed by atoms with E-state index in [1.54, 1.807) is 6.21 Å². The van der Waals surface area contributed by atoms with E-state index in [1.807, 2.05) is 24.3 Å². The maximum Gasteiger partial charge on any atom is 0.244 e. The van der Waals surface area contributed by atoms with Gasteiger partial charge in [-0.25, -0.2) is 5.43 Å². The molecule has 1 aromatic carbocycles. The van der Waals surface area contributed by atoms with Gasteiger partial charge in [0.1, 0.15) is 0 Å². The van der Waals surface area contributed by atoms with E-state index < -0.39 is 0 Å². The second kappa shape index (κ2) is 5.04. The predicted molar refractivity (Wildman–Crippen MR) is 80.5 cm³/mol. The molecule has 0 aliphatic heterocycles. The van der Waals surface area contributed by atoms with Crippen molar-refractivity contribution in [1.82, 2.24) is 5.43 Å². The topological polar surface area (TPSA) is 41.5 Å². The summed E-state index contributed by atoms with van der Waals surface area (Å²) in [6.07, 6.45) is 6.65. The molecule has 0 bridgehead atoms. The number of hydrogen-bond donors (Lipinski definition) is 1. The van der Waals surface area contributed by atoms with Crippen LogP contribution in [-0.2, 0) is 4.79 Å². The zero-order chi connectivity index (χ0) is 14.2. The number of nitrogens with zero attached hydrogens (tertiary/aromatic N) is 1. The standard InChI is InChI=1S/C17H22N2O/c1-12-6-8-13(9-7-12)11-18-19-16(20)15-14-5-3-4-10-17(14,15)2/h6-9,11,14-15H,3-5,10H2,1-2H3,(H,19,20)/b18-11-/t14-,15-,17-/m0/s1. The smallest absolute Gasteiger partial charge is 0.244 e. The van der Waals surface area contributed by atoms with Crippen LogP contribution >= 0.6 is 0 Å². The maximum atomic E-state index is 12.2. The number of fused-ring (bicyclic) bond motifs is 1. The highest BCUT2D eigenvalue weighted by atomic mass is 16.2. The molecule has 1 amide bonds. The van der Waals surface area contributed by atoms with Crippen LogP contribution in [0.1, 0.15) is 43.7 Å². The summed E-state index contributed by atoms with van der Waals surface area (Å²) >= 11 is 0. The van der Waals surface area contributed by atoms with Crippen LogP contribution in [-0.4, -0.2) is 12.1 Å². The third-order valence-electron chi connectivity index (χ3n) is 5.08. The molecule has 3 nitrogen and oxygen atoms in total. The molecule has 0 heterocycles. The number of carbonyl (C=O) groups excluding carboxylic acids is 1. The van der Waals surface area contributed by atoms with Crippen LogP contribution in [0.25, 0.3) is 0 Å². The van der Waals surface area contributed by atoms with Crippen LogP contribution in [0, 0.1) is 24.2 Å². The number of amides is 1. The van der Waals surface area contributed by atoms with Crippen LogP contribution < -0.4 is 5.43 Å². The Morgan fingerprint density at radius 3 is 2.75 bits per heavy atom. The van der Waals surface area contributed by atoms with Gasteiger partial charge in [-0.05, 0) is 36.7 Å². The SMILES string of the molecule is Cc1ccc(/C=N\NC(=O)[C@@H]2[C@@H]3CCCC[C@]23C)cc1. The Balaban J connectivity index is 1.56. The van der Waals surface area contributed by atoms with Crippen LogP contribution in [0.4, 0.5) is 0 Å². The summed E-state index contributed by atoms with van der Waals surface area (Å²) in [5, 5.41) is 4.10. The molecule has 2 aliphatic rings. The summed E-state index contributed by atoms with van der Waals surface area (Å²) in [7, 11) is 0. The second-order valence-electron chi connectivity index (χ2n) is 6.48. The molecule has 0 unspecified atom stereocenters. The minimum absolute atomic E-state index is 0.0998. The van der Waals surface area contributed by atoms with Gasteiger partial charge in [0.05, 0.1) is 6.21 Å². The monoisotopic (exact) mass is 270 g/mol. The van der Waals surface area contributed by atoms with Crippen LogP contribution in [0.3, 0.4) is 0 Å². The average molecular weight is 270 g/mol. The van der Waals surface area contributed by atoms with Crippen molar-refractivity contribution in [2.24, 2.45) is 22.4 Å². The van der Waals surface area contributed by atoms with Gasteiger partial charge in [-0.3, -0.25) is 4.79 Å². The number of hydrogen-bond acceptors (Lipinski definition) is 2. The number of rotatable bonds is 3. The van der Waals surface area contributed by atoms with Crippen LogP contribution in [0.2, 0.25) is 0 Å². The quantitative estimate of drug-likeness (QED) is 0.664. The van der Waals surface area contributed by atoms with E-state index in [0.717, 1.165) is 5.56 Å². The zero-order valence-corrected chi connectivity index (χ0v) is 12.2. The number of benzene rings is 1. The molecule has 1 N–H and O–H groups in total. The highest BCUT2D eigenvalue weighted by molar-refractivity contribution is 5.85. The van der Waals surface area contributed by atoms with Crippen LogP contribution in [0.15, 0.2) is 29.4 Å². The van der Waals surface area contributed by atoms with Crippen molar-refractivity contribution >= 4 is 12.1 Å². The van der Waals surface area contributed by atoms with Gasteiger partial charge in [-0.2, -0.15) is 5.10 Å². The lowest BCUT2D eigenvalue weighted by Crippen LogP contribution is -2.22. The van der Waals surface area contributed by atoms with E-state index in [0.29, 0.717) is 5.92 Å². The van der Waals surface area contributed by atoms with Crippen molar-refractivity contribution in [3.05, 3.63) is 35.4 Å². The first kappa shape index (κ1) is 13.3. The largest absolute Gasteiger partial charge is 0.273 e. The summed E-state index contributed by atoms with van der Waals surface area (Å²) in [6.45, 7) is 4.31. The van der Waals surface area contributed by atoms with E-state index in [2.05, 4.69) is 24.4 Å². The maximum absolute atomic E-state index is 12.2. The van der Waals surface area contributed by atoms with Crippen molar-refractivity contribution in [2.45, 2.75) is 39.5 Å². The van der Waals surface area contributed by atoms with Crippen molar-refractivity contribution in [1.29, 1.82) is 0 Å². The molecule has 0 radical (unpaired) electrons. The molecular weight excluding hydrogens is 248 g/mol. The number of nitrogens with one attached hydrogen (secondary N) is 1. The minimum Gasteiger partial charge on any atom is -0.273 e. The summed E-state index contributed by atoms with van der Waals surface area (Å²) in [5.41, 5.74) is 5.20. The number of aryl methyl sites for hydroxylation is 1. The Hall–Kier alpha value is -1.64. The summed E-state index contributed by atoms with van der Waals surface area (Å²) in [6, 6.07) is 8.09. The molecule has 0 aromatic heterocycles. The molecule has 2 fully saturated rings. The van der Waals surface area contributed by atoms with Gasteiger partial charge < -0.3 is 0 Å². The molecule has 0 saturated heterocycles. The van der Waals surface area contributed by atoms with E-state index in [1.165, 1.54) is 31.2 Å². The van der Waals surface area contributed by atoms with Gasteiger partial charge in [-0.1, -0.05) is 49.6 Å². The third kappa shape index (κ3) is 2.37. The average Bonchev–Trinajstić information content (AvgIpc) is 3.06. The summed E-state index contributed by atoms with van der Waals surface area (Å²) < 4.78 is 0. The lowest BCUT2D eigenvalue weighted by Gasteiger charge is -2.15. The van der Waals surface area contributed by atoms with Crippen LogP contribution in [0.5, 0.6) is 0 Å². The van der Waals surface area contributed by atoms with E-state index >= 15 is 0 Å². The summed E-state index contributed by atoms with van der Waals surface area (Å²) in [4.78, 5) is 12.2. The van der Waals surface area contributed by atoms with Crippen molar-refractivity contribution in [3.63, 3.8) is 0 Å². The molecule has 2 saturated carbocycles. The Labute approximate surface area is 120 Å². The van der Waals surface area contributed by atoms with Gasteiger partial charge in [-0.15, -0.1) is 0 Å². The first-order chi connectivity index (χ1) is 9.61. The highest BCUT2D eigenvalue weighted by Gasteiger charge is 2.64. The molecule has 2 aliphatic carbocycles. The van der Waals surface area contributed by atoms with Gasteiger partial charge >= 0.3 is 0 Å². The molecule has 3 atom stereocenters. The van der Waals surface area contributed by atoms with Crippen molar-refractivity contribution in [2.75, 3.05) is 0 Å². The number of carbonyl (C=O) groups is 1. The fraction of sp³-hybridized carbons (Fsp3) is 0.529. The zero-order valence-electron chi connectivity index (χ0n) is 12.2. The Bertz CT molecular complexity index is 534. The van der Waals surface area contributed by atoms with Gasteiger partial charge in [0, 0.05) is 5.92 Å². The Morgan fingerprint density at radius 2 is 2.10 bits per heavy atom. The molecule has 3 rings (SSSR count). The van der Waals surface area contributed by atoms with Crippen molar-refractivity contribution in [3.8, 4) is 0 Å². The third-order valence-corrected chi connectivity index (χ3v) is 5.08. The van der Waals surface area contributed by atoms with Gasteiger partial charge in [0.25, 0.3) is 0 Å². The number of hydrazone groups is 1. The Kier molecular flexibility index (Phi) is 3.36. The predicted octanol–water partition coefficient (Wildman–Crippen LogP) is 3.27. The molecular formula is C17H22N2O. The lowest BCUT2D eigenvalue weighted by molar-refractivity contribution is -0.123. The fourth-order valence-electron chi connectivity index (χ4n) is 3.74. The molecule has 1 aromatic rings. The van der Waals surface area contributed by atoms with E-state index in [4.69, 9.17) is 0 Å². The molecule has 20 heavy (non-hydrogen) atoms. The molecule has 106 valence electrons. The fourth-order valence-corrected chi connectivity index (χ4v) is 3.74. The molecule has 0 spiro atoms. The Morgan fingerprint density at radius 1 is 1.35 bits per heavy atom. The summed E-state index contributed by atoms with van der Waals surface area (Å²) in [5.74, 6) is 0.869. The first-order valence-electron chi connectivity index (χ1n) is 7.51.